The highest BCUT2D eigenvalue weighted by Gasteiger charge is 2.63. The Hall–Kier alpha value is -0.273. The van der Waals surface area contributed by atoms with Gasteiger partial charge in [-0.15, -0.1) is 0 Å². The highest BCUT2D eigenvalue weighted by atomic mass is 28.4. The van der Waals surface area contributed by atoms with Crippen LogP contribution in [-0.2, 0) is 23.4 Å². The number of ether oxygens (including phenoxy) is 3. The third-order valence-corrected chi connectivity index (χ3v) is 9.54. The van der Waals surface area contributed by atoms with Gasteiger partial charge >= 0.3 is 0 Å². The maximum atomic E-state index is 11.2. The van der Waals surface area contributed by atoms with Crippen LogP contribution < -0.4 is 0 Å². The highest BCUT2D eigenvalue weighted by Crippen LogP contribution is 2.46. The van der Waals surface area contributed by atoms with Gasteiger partial charge in [-0.2, -0.15) is 0 Å². The number of carbonyl (C=O) groups is 1. The molecule has 2 aliphatic rings. The van der Waals surface area contributed by atoms with Crippen LogP contribution in [0.25, 0.3) is 0 Å². The van der Waals surface area contributed by atoms with E-state index in [0.717, 1.165) is 6.29 Å². The van der Waals surface area contributed by atoms with E-state index >= 15 is 0 Å². The molecule has 0 amide bonds. The number of aldehydes is 1. The summed E-state index contributed by atoms with van der Waals surface area (Å²) in [5.41, 5.74) is -0.398. The van der Waals surface area contributed by atoms with E-state index in [2.05, 4.69) is 33.9 Å². The smallest absolute Gasteiger partial charge is 0.192 e. The van der Waals surface area contributed by atoms with Gasteiger partial charge in [0.25, 0.3) is 0 Å². The molecule has 2 saturated heterocycles. The molecular weight excluding hydrogens is 300 g/mol. The topological polar surface area (TPSA) is 57.3 Å². The molecule has 0 aromatic carbocycles. The molecule has 0 aliphatic carbocycles. The molecule has 0 saturated carbocycles. The Labute approximate surface area is 134 Å². The van der Waals surface area contributed by atoms with Crippen molar-refractivity contribution in [3.05, 3.63) is 0 Å². The molecule has 2 heterocycles. The fraction of sp³-hybridized carbons (Fsp3) is 0.938. The fourth-order valence-corrected chi connectivity index (χ4v) is 3.56. The number of hydrogen-bond acceptors (Lipinski definition) is 5. The van der Waals surface area contributed by atoms with Gasteiger partial charge in [0, 0.05) is 0 Å². The van der Waals surface area contributed by atoms with E-state index in [1.54, 1.807) is 0 Å². The van der Waals surface area contributed by atoms with Crippen molar-refractivity contribution >= 4 is 14.6 Å². The first-order valence-corrected chi connectivity index (χ1v) is 10.8. The van der Waals surface area contributed by atoms with Crippen LogP contribution in [0.3, 0.4) is 0 Å². The average molecular weight is 330 g/mol. The van der Waals surface area contributed by atoms with Crippen LogP contribution in [0.1, 0.15) is 41.5 Å². The monoisotopic (exact) mass is 330 g/mol. The summed E-state index contributed by atoms with van der Waals surface area (Å²) in [6, 6.07) is 0. The van der Waals surface area contributed by atoms with Crippen molar-refractivity contribution in [3.8, 4) is 0 Å². The first-order valence-electron chi connectivity index (χ1n) is 7.94. The van der Waals surface area contributed by atoms with E-state index < -0.39 is 25.8 Å². The average Bonchev–Trinajstić information content (AvgIpc) is 2.92. The lowest BCUT2D eigenvalue weighted by Gasteiger charge is -2.36. The second kappa shape index (κ2) is 5.38. The Bertz CT molecular complexity index is 442. The van der Waals surface area contributed by atoms with Crippen LogP contribution in [0.2, 0.25) is 18.1 Å². The van der Waals surface area contributed by atoms with Gasteiger partial charge < -0.3 is 23.4 Å². The highest BCUT2D eigenvalue weighted by molar-refractivity contribution is 6.74. The Kier molecular flexibility index (Phi) is 4.42. The summed E-state index contributed by atoms with van der Waals surface area (Å²) in [5.74, 6) is -0.747. The van der Waals surface area contributed by atoms with E-state index in [-0.39, 0.29) is 17.2 Å². The van der Waals surface area contributed by atoms with E-state index in [4.69, 9.17) is 18.6 Å². The first kappa shape index (κ1) is 18.1. The predicted molar refractivity (Wildman–Crippen MR) is 86.3 cm³/mol. The molecule has 4 atom stereocenters. The molecule has 0 unspecified atom stereocenters. The van der Waals surface area contributed by atoms with Crippen LogP contribution in [0.4, 0.5) is 0 Å². The summed E-state index contributed by atoms with van der Waals surface area (Å²) in [5, 5.41) is 0.161. The van der Waals surface area contributed by atoms with Crippen molar-refractivity contribution in [3.63, 3.8) is 0 Å². The van der Waals surface area contributed by atoms with E-state index in [1.165, 1.54) is 0 Å². The molecule has 2 rings (SSSR count). The molecular formula is C16H30O5Si. The van der Waals surface area contributed by atoms with Crippen molar-refractivity contribution in [2.75, 3.05) is 6.61 Å². The molecule has 0 spiro atoms. The minimum absolute atomic E-state index is 0.158. The molecule has 22 heavy (non-hydrogen) atoms. The normalized spacial score (nSPS) is 38.1. The summed E-state index contributed by atoms with van der Waals surface area (Å²) in [6.07, 6.45) is -0.291. The maximum absolute atomic E-state index is 11.2. The second-order valence-corrected chi connectivity index (χ2v) is 13.4. The molecule has 2 aliphatic heterocycles. The summed E-state index contributed by atoms with van der Waals surface area (Å²) in [4.78, 5) is 11.2. The summed E-state index contributed by atoms with van der Waals surface area (Å²) >= 11 is 0. The molecule has 5 nitrogen and oxygen atoms in total. The first-order chi connectivity index (χ1) is 9.81. The standard InChI is InChI=1S/C16H30O5Si/c1-14(2,3)22(7,8)18-10-16(6)13(21-16)12-11(9-17)19-15(4,5)20-12/h9,11-13H,10H2,1-8H3/t11-,12+,13-,16-/m0/s1. The van der Waals surface area contributed by atoms with Gasteiger partial charge in [0.15, 0.2) is 20.4 Å². The third kappa shape index (κ3) is 3.46. The molecule has 0 radical (unpaired) electrons. The van der Waals surface area contributed by atoms with Crippen molar-refractivity contribution in [1.82, 2.24) is 0 Å². The second-order valence-electron chi connectivity index (χ2n) is 8.60. The zero-order chi connectivity index (χ0) is 17.0. The Morgan fingerprint density at radius 1 is 1.14 bits per heavy atom. The van der Waals surface area contributed by atoms with Crippen molar-refractivity contribution < 1.29 is 23.4 Å². The molecule has 2 fully saturated rings. The largest absolute Gasteiger partial charge is 0.414 e. The molecule has 0 aromatic rings. The Balaban J connectivity index is 1.97. The summed E-state index contributed by atoms with van der Waals surface area (Å²) < 4.78 is 23.6. The Morgan fingerprint density at radius 2 is 1.73 bits per heavy atom. The fourth-order valence-electron chi connectivity index (χ4n) is 2.48. The summed E-state index contributed by atoms with van der Waals surface area (Å²) in [7, 11) is -1.82. The summed E-state index contributed by atoms with van der Waals surface area (Å²) in [6.45, 7) is 17.3. The van der Waals surface area contributed by atoms with Crippen molar-refractivity contribution in [2.45, 2.75) is 89.4 Å². The van der Waals surface area contributed by atoms with Gasteiger partial charge in [-0.3, -0.25) is 0 Å². The molecule has 0 N–H and O–H groups in total. The molecule has 0 aromatic heterocycles. The van der Waals surface area contributed by atoms with Crippen LogP contribution >= 0.6 is 0 Å². The predicted octanol–water partition coefficient (Wildman–Crippen LogP) is 2.88. The van der Waals surface area contributed by atoms with Gasteiger partial charge in [0.2, 0.25) is 0 Å². The lowest BCUT2D eigenvalue weighted by atomic mass is 10.0. The zero-order valence-electron chi connectivity index (χ0n) is 15.1. The van der Waals surface area contributed by atoms with Crippen LogP contribution in [-0.4, -0.2) is 50.9 Å². The van der Waals surface area contributed by atoms with E-state index in [1.807, 2.05) is 20.8 Å². The molecule has 0 bridgehead atoms. The lowest BCUT2D eigenvalue weighted by Crippen LogP contribution is -2.44. The van der Waals surface area contributed by atoms with Crippen LogP contribution in [0.5, 0.6) is 0 Å². The van der Waals surface area contributed by atoms with Gasteiger partial charge in [-0.1, -0.05) is 20.8 Å². The van der Waals surface area contributed by atoms with Crippen LogP contribution in [0, 0.1) is 0 Å². The van der Waals surface area contributed by atoms with Crippen molar-refractivity contribution in [2.24, 2.45) is 0 Å². The zero-order valence-corrected chi connectivity index (χ0v) is 16.1. The number of rotatable bonds is 5. The van der Waals surface area contributed by atoms with E-state index in [9.17, 15) is 4.79 Å². The van der Waals surface area contributed by atoms with Gasteiger partial charge in [0.1, 0.15) is 23.9 Å². The number of hydrogen-bond donors (Lipinski definition) is 0. The number of epoxide rings is 1. The van der Waals surface area contributed by atoms with E-state index in [0.29, 0.717) is 6.61 Å². The van der Waals surface area contributed by atoms with Crippen molar-refractivity contribution in [1.29, 1.82) is 0 Å². The maximum Gasteiger partial charge on any atom is 0.192 e. The Morgan fingerprint density at radius 3 is 2.23 bits per heavy atom. The van der Waals surface area contributed by atoms with Gasteiger partial charge in [-0.05, 0) is 38.9 Å². The van der Waals surface area contributed by atoms with Crippen LogP contribution in [0.15, 0.2) is 0 Å². The van der Waals surface area contributed by atoms with Gasteiger partial charge in [-0.25, -0.2) is 0 Å². The third-order valence-electron chi connectivity index (χ3n) is 5.06. The van der Waals surface area contributed by atoms with Gasteiger partial charge in [0.05, 0.1) is 6.61 Å². The minimum atomic E-state index is -1.82. The lowest BCUT2D eigenvalue weighted by molar-refractivity contribution is -0.151. The molecule has 6 heteroatoms. The quantitative estimate of drug-likeness (QED) is 0.441. The molecule has 128 valence electrons. The SMILES string of the molecule is CC1(C)O[C@@H]([C@@H]2O[C@@]2(C)CO[Si](C)(C)C(C)(C)C)[C@H](C=O)O1. The number of carbonyl (C=O) groups excluding carboxylic acids is 1. The minimum Gasteiger partial charge on any atom is -0.414 e.